The van der Waals surface area contributed by atoms with Crippen LogP contribution in [0.3, 0.4) is 0 Å². The molecular weight excluding hydrogens is 377 g/mol. The minimum Gasteiger partial charge on any atom is -0.382 e. The van der Waals surface area contributed by atoms with Gasteiger partial charge in [-0.2, -0.15) is 4.52 Å². The maximum atomic E-state index is 6.31. The van der Waals surface area contributed by atoms with Gasteiger partial charge in [-0.15, -0.1) is 5.10 Å². The first-order chi connectivity index (χ1) is 11.9. The largest absolute Gasteiger partial charge is 0.382 e. The van der Waals surface area contributed by atoms with Gasteiger partial charge in [0, 0.05) is 18.7 Å². The van der Waals surface area contributed by atoms with E-state index < -0.39 is 0 Å². The Bertz CT molecular complexity index is 950. The van der Waals surface area contributed by atoms with E-state index in [1.165, 1.54) is 12.8 Å². The number of nitrogens with zero attached hydrogens (tertiary/aromatic N) is 4. The Morgan fingerprint density at radius 2 is 2.16 bits per heavy atom. The van der Waals surface area contributed by atoms with Gasteiger partial charge in [0.2, 0.25) is 10.1 Å². The van der Waals surface area contributed by atoms with E-state index >= 15 is 0 Å². The molecule has 5 nitrogen and oxygen atoms in total. The van der Waals surface area contributed by atoms with E-state index in [-0.39, 0.29) is 0 Å². The molecular formula is C17H19Cl2N5S. The van der Waals surface area contributed by atoms with Gasteiger partial charge >= 0.3 is 0 Å². The number of rotatable bonds is 3. The number of fused-ring (bicyclic) bond motifs is 1. The number of hydrogen-bond donors (Lipinski definition) is 1. The fraction of sp³-hybridized carbons (Fsp3) is 0.412. The number of hydrogen-bond acceptors (Lipinski definition) is 5. The maximum absolute atomic E-state index is 6.31. The summed E-state index contributed by atoms with van der Waals surface area (Å²) in [6, 6.07) is 5.45. The van der Waals surface area contributed by atoms with Crippen LogP contribution in [-0.4, -0.2) is 27.7 Å². The fourth-order valence-corrected chi connectivity index (χ4v) is 4.57. The van der Waals surface area contributed by atoms with Crippen molar-refractivity contribution >= 4 is 50.4 Å². The lowest BCUT2D eigenvalue weighted by Gasteiger charge is -2.21. The normalized spacial score (nSPS) is 20.7. The Kier molecular flexibility index (Phi) is 4.09. The Labute approximate surface area is 160 Å². The number of anilines is 2. The number of nitrogens with two attached hydrogens (primary N) is 1. The van der Waals surface area contributed by atoms with Crippen LogP contribution in [0.4, 0.5) is 10.9 Å². The first-order valence-electron chi connectivity index (χ1n) is 8.26. The van der Waals surface area contributed by atoms with Crippen molar-refractivity contribution < 1.29 is 0 Å². The second-order valence-electron chi connectivity index (χ2n) is 6.86. The number of aromatic nitrogens is 3. The third-order valence-corrected chi connectivity index (χ3v) is 6.90. The summed E-state index contributed by atoms with van der Waals surface area (Å²) in [6.45, 7) is 6.62. The van der Waals surface area contributed by atoms with E-state index in [1.807, 2.05) is 12.1 Å². The minimum absolute atomic E-state index is 0.360. The number of imidazole rings is 1. The zero-order valence-corrected chi connectivity index (χ0v) is 16.4. The van der Waals surface area contributed by atoms with Gasteiger partial charge in [-0.3, -0.25) is 0 Å². The lowest BCUT2D eigenvalue weighted by molar-refractivity contribution is 0.355. The number of benzene rings is 1. The van der Waals surface area contributed by atoms with E-state index in [9.17, 15) is 0 Å². The smallest absolute Gasteiger partial charge is 0.216 e. The Morgan fingerprint density at radius 1 is 1.36 bits per heavy atom. The highest BCUT2D eigenvalue weighted by Crippen LogP contribution is 2.40. The quantitative estimate of drug-likeness (QED) is 0.679. The van der Waals surface area contributed by atoms with Gasteiger partial charge in [-0.25, -0.2) is 4.98 Å². The lowest BCUT2D eigenvalue weighted by atomic mass is 9.87. The summed E-state index contributed by atoms with van der Waals surface area (Å²) in [4.78, 5) is 7.75. The van der Waals surface area contributed by atoms with Crippen molar-refractivity contribution in [2.75, 3.05) is 23.7 Å². The lowest BCUT2D eigenvalue weighted by Crippen LogP contribution is -2.24. The molecule has 1 aliphatic rings. The number of nitrogen functional groups attached to an aromatic ring is 1. The van der Waals surface area contributed by atoms with Crippen LogP contribution in [-0.2, 0) is 0 Å². The van der Waals surface area contributed by atoms with Crippen LogP contribution in [0.2, 0.25) is 10.0 Å². The number of halogens is 2. The average Bonchev–Trinajstić information content (AvgIpc) is 3.26. The molecule has 1 fully saturated rings. The monoisotopic (exact) mass is 395 g/mol. The Morgan fingerprint density at radius 3 is 2.84 bits per heavy atom. The van der Waals surface area contributed by atoms with Crippen molar-refractivity contribution in [3.63, 3.8) is 0 Å². The van der Waals surface area contributed by atoms with Crippen LogP contribution in [0.15, 0.2) is 18.2 Å². The molecule has 3 aromatic rings. The molecule has 132 valence electrons. The summed E-state index contributed by atoms with van der Waals surface area (Å²) in [5, 5.41) is 6.60. The van der Waals surface area contributed by atoms with Gasteiger partial charge in [0.05, 0.1) is 10.0 Å². The van der Waals surface area contributed by atoms with Crippen molar-refractivity contribution in [2.45, 2.75) is 26.7 Å². The molecule has 3 heterocycles. The molecule has 1 atom stereocenters. The third-order valence-electron chi connectivity index (χ3n) is 5.12. The van der Waals surface area contributed by atoms with Crippen LogP contribution in [0.25, 0.3) is 16.2 Å². The molecule has 0 saturated carbocycles. The summed E-state index contributed by atoms with van der Waals surface area (Å²) in [7, 11) is 0. The first kappa shape index (κ1) is 16.9. The summed E-state index contributed by atoms with van der Waals surface area (Å²) in [5.74, 6) is 0.485. The van der Waals surface area contributed by atoms with Gasteiger partial charge in [0.15, 0.2) is 5.82 Å². The zero-order valence-electron chi connectivity index (χ0n) is 14.1. The Hall–Kier alpha value is -1.50. The standard InChI is InChI=1S/C17H19Cl2N5S/c1-3-17(2)7-8-23(9-17)16-22-24-14(20)13(21-15(24)25-16)10-5-4-6-11(18)12(10)19/h4-6H,3,7-9,20H2,1-2H3. The van der Waals surface area contributed by atoms with Gasteiger partial charge in [-0.05, 0) is 24.3 Å². The van der Waals surface area contributed by atoms with Crippen molar-refractivity contribution in [2.24, 2.45) is 5.41 Å². The molecule has 4 rings (SSSR count). The summed E-state index contributed by atoms with van der Waals surface area (Å²) < 4.78 is 1.70. The maximum Gasteiger partial charge on any atom is 0.216 e. The van der Waals surface area contributed by atoms with E-state index in [2.05, 4.69) is 28.8 Å². The van der Waals surface area contributed by atoms with Crippen LogP contribution in [0, 0.1) is 5.41 Å². The average molecular weight is 396 g/mol. The molecule has 0 bridgehead atoms. The summed E-state index contributed by atoms with van der Waals surface area (Å²) in [6.07, 6.45) is 2.36. The molecule has 1 aliphatic heterocycles. The predicted molar refractivity (Wildman–Crippen MR) is 106 cm³/mol. The summed E-state index contributed by atoms with van der Waals surface area (Å²) >= 11 is 14.0. The van der Waals surface area contributed by atoms with Gasteiger partial charge in [-0.1, -0.05) is 60.5 Å². The van der Waals surface area contributed by atoms with E-state index in [0.717, 1.165) is 28.7 Å². The molecule has 25 heavy (non-hydrogen) atoms. The zero-order chi connectivity index (χ0) is 17.8. The fourth-order valence-electron chi connectivity index (χ4n) is 3.24. The van der Waals surface area contributed by atoms with E-state index in [4.69, 9.17) is 28.9 Å². The van der Waals surface area contributed by atoms with Crippen LogP contribution < -0.4 is 10.6 Å². The second-order valence-corrected chi connectivity index (χ2v) is 8.58. The molecule has 1 saturated heterocycles. The van der Waals surface area contributed by atoms with Crippen molar-refractivity contribution in [1.29, 1.82) is 0 Å². The van der Waals surface area contributed by atoms with E-state index in [1.54, 1.807) is 21.9 Å². The minimum atomic E-state index is 0.360. The molecule has 1 unspecified atom stereocenters. The molecule has 0 aliphatic carbocycles. The van der Waals surface area contributed by atoms with Crippen molar-refractivity contribution in [1.82, 2.24) is 14.6 Å². The highest BCUT2D eigenvalue weighted by molar-refractivity contribution is 7.20. The molecule has 0 amide bonds. The van der Waals surface area contributed by atoms with Gasteiger partial charge in [0.25, 0.3) is 0 Å². The van der Waals surface area contributed by atoms with Crippen molar-refractivity contribution in [3.8, 4) is 11.3 Å². The van der Waals surface area contributed by atoms with Crippen molar-refractivity contribution in [3.05, 3.63) is 28.2 Å². The highest BCUT2D eigenvalue weighted by Gasteiger charge is 2.34. The molecule has 0 radical (unpaired) electrons. The SMILES string of the molecule is CCC1(C)CCN(c2nn3c(N)c(-c4cccc(Cl)c4Cl)nc3s2)C1. The first-order valence-corrected chi connectivity index (χ1v) is 9.83. The van der Waals surface area contributed by atoms with Gasteiger partial charge in [0.1, 0.15) is 5.69 Å². The predicted octanol–water partition coefficient (Wildman–Crippen LogP) is 4.97. The Balaban J connectivity index is 1.72. The molecule has 2 N–H and O–H groups in total. The topological polar surface area (TPSA) is 59.5 Å². The van der Waals surface area contributed by atoms with Gasteiger partial charge < -0.3 is 10.6 Å². The molecule has 8 heteroatoms. The molecule has 1 aromatic carbocycles. The molecule has 0 spiro atoms. The highest BCUT2D eigenvalue weighted by atomic mass is 35.5. The summed E-state index contributed by atoms with van der Waals surface area (Å²) in [5.41, 5.74) is 8.02. The van der Waals surface area contributed by atoms with Crippen LogP contribution in [0.1, 0.15) is 26.7 Å². The molecule has 2 aromatic heterocycles. The van der Waals surface area contributed by atoms with Crippen LogP contribution >= 0.6 is 34.5 Å². The second kappa shape index (κ2) is 6.04. The van der Waals surface area contributed by atoms with E-state index in [0.29, 0.717) is 27.0 Å². The third kappa shape index (κ3) is 2.76. The van der Waals surface area contributed by atoms with Crippen LogP contribution in [0.5, 0.6) is 0 Å².